The fourth-order valence-electron chi connectivity index (χ4n) is 2.68. The number of nitrogens with one attached hydrogen (secondary N) is 1. The number of halogens is 2. The highest BCUT2D eigenvalue weighted by Crippen LogP contribution is 2.22. The van der Waals surface area contributed by atoms with Gasteiger partial charge in [0.15, 0.2) is 0 Å². The molecule has 1 fully saturated rings. The third kappa shape index (κ3) is 4.55. The van der Waals surface area contributed by atoms with Gasteiger partial charge in [-0.2, -0.15) is 0 Å². The van der Waals surface area contributed by atoms with E-state index in [1.807, 2.05) is 13.1 Å². The van der Waals surface area contributed by atoms with Crippen LogP contribution in [0.25, 0.3) is 0 Å². The molecule has 1 aromatic rings. The molecule has 1 saturated heterocycles. The van der Waals surface area contributed by atoms with E-state index in [1.165, 1.54) is 19.3 Å². The van der Waals surface area contributed by atoms with Gasteiger partial charge < -0.3 is 5.32 Å². The lowest BCUT2D eigenvalue weighted by Crippen LogP contribution is -2.34. The van der Waals surface area contributed by atoms with Gasteiger partial charge in [0.25, 0.3) is 0 Å². The number of piperidine rings is 1. The van der Waals surface area contributed by atoms with Crippen LogP contribution >= 0.6 is 15.9 Å². The van der Waals surface area contributed by atoms with Crippen LogP contribution in [-0.4, -0.2) is 31.6 Å². The molecule has 1 aromatic carbocycles. The van der Waals surface area contributed by atoms with Gasteiger partial charge in [-0.15, -0.1) is 0 Å². The lowest BCUT2D eigenvalue weighted by Gasteiger charge is -2.32. The van der Waals surface area contributed by atoms with Crippen molar-refractivity contribution in [3.05, 3.63) is 34.1 Å². The maximum Gasteiger partial charge on any atom is 0.137 e. The molecular formula is C15H22BrFN2. The molecule has 1 aliphatic rings. The van der Waals surface area contributed by atoms with Crippen LogP contribution in [0.4, 0.5) is 4.39 Å². The highest BCUT2D eigenvalue weighted by molar-refractivity contribution is 9.10. The SMILES string of the molecule is CNCCC1CCN(Cc2ccc(Br)c(F)c2)CC1. The lowest BCUT2D eigenvalue weighted by atomic mass is 9.93. The minimum atomic E-state index is -0.165. The first-order valence-corrected chi connectivity index (χ1v) is 7.79. The summed E-state index contributed by atoms with van der Waals surface area (Å²) in [4.78, 5) is 2.43. The van der Waals surface area contributed by atoms with Crippen LogP contribution in [0.5, 0.6) is 0 Å². The number of benzene rings is 1. The number of nitrogens with zero attached hydrogens (tertiary/aromatic N) is 1. The maximum atomic E-state index is 13.5. The summed E-state index contributed by atoms with van der Waals surface area (Å²) in [7, 11) is 2.01. The van der Waals surface area contributed by atoms with Crippen molar-refractivity contribution in [2.45, 2.75) is 25.8 Å². The normalized spacial score (nSPS) is 17.8. The number of hydrogen-bond donors (Lipinski definition) is 1. The van der Waals surface area contributed by atoms with Crippen molar-refractivity contribution >= 4 is 15.9 Å². The minimum absolute atomic E-state index is 0.165. The molecular weight excluding hydrogens is 307 g/mol. The molecule has 0 saturated carbocycles. The summed E-state index contributed by atoms with van der Waals surface area (Å²) in [6, 6.07) is 5.43. The zero-order valence-electron chi connectivity index (χ0n) is 11.5. The van der Waals surface area contributed by atoms with Crippen molar-refractivity contribution in [3.8, 4) is 0 Å². The molecule has 0 aliphatic carbocycles. The second-order valence-electron chi connectivity index (χ2n) is 5.36. The molecule has 0 bridgehead atoms. The zero-order chi connectivity index (χ0) is 13.7. The van der Waals surface area contributed by atoms with Gasteiger partial charge in [-0.3, -0.25) is 4.90 Å². The van der Waals surface area contributed by atoms with Crippen LogP contribution in [0.15, 0.2) is 22.7 Å². The summed E-state index contributed by atoms with van der Waals surface area (Å²) in [5.41, 5.74) is 1.06. The topological polar surface area (TPSA) is 15.3 Å². The average Bonchev–Trinajstić information content (AvgIpc) is 2.42. The second-order valence-corrected chi connectivity index (χ2v) is 6.21. The summed E-state index contributed by atoms with van der Waals surface area (Å²) >= 11 is 3.19. The quantitative estimate of drug-likeness (QED) is 0.891. The predicted molar refractivity (Wildman–Crippen MR) is 80.6 cm³/mol. The van der Waals surface area contributed by atoms with Gasteiger partial charge in [-0.05, 0) is 85.5 Å². The van der Waals surface area contributed by atoms with Gasteiger partial charge in [0.1, 0.15) is 5.82 Å². The Balaban J connectivity index is 1.80. The Morgan fingerprint density at radius 1 is 1.37 bits per heavy atom. The van der Waals surface area contributed by atoms with Crippen molar-refractivity contribution in [3.63, 3.8) is 0 Å². The third-order valence-corrected chi connectivity index (χ3v) is 4.54. The maximum absolute atomic E-state index is 13.5. The van der Waals surface area contributed by atoms with Crippen LogP contribution < -0.4 is 5.32 Å². The number of rotatable bonds is 5. The van der Waals surface area contributed by atoms with E-state index < -0.39 is 0 Å². The van der Waals surface area contributed by atoms with Crippen LogP contribution in [0, 0.1) is 11.7 Å². The Kier molecular flexibility index (Phi) is 5.79. The van der Waals surface area contributed by atoms with Gasteiger partial charge in [-0.1, -0.05) is 6.07 Å². The highest BCUT2D eigenvalue weighted by atomic mass is 79.9. The molecule has 2 nitrogen and oxygen atoms in total. The molecule has 0 atom stereocenters. The van der Waals surface area contributed by atoms with Gasteiger partial charge in [0, 0.05) is 6.54 Å². The van der Waals surface area contributed by atoms with Gasteiger partial charge in [0.05, 0.1) is 4.47 Å². The van der Waals surface area contributed by atoms with E-state index in [1.54, 1.807) is 12.1 Å². The van der Waals surface area contributed by atoms with E-state index in [0.29, 0.717) is 4.47 Å². The molecule has 1 N–H and O–H groups in total. The standard InChI is InChI=1S/C15H22BrFN2/c1-18-7-4-12-5-8-19(9-6-12)11-13-2-3-14(16)15(17)10-13/h2-3,10,12,18H,4-9,11H2,1H3. The summed E-state index contributed by atoms with van der Waals surface area (Å²) < 4.78 is 14.0. The molecule has 0 spiro atoms. The Morgan fingerprint density at radius 2 is 2.11 bits per heavy atom. The molecule has 0 radical (unpaired) electrons. The number of likely N-dealkylation sites (tertiary alicyclic amines) is 1. The number of hydrogen-bond acceptors (Lipinski definition) is 2. The Bertz CT molecular complexity index is 403. The third-order valence-electron chi connectivity index (χ3n) is 3.90. The first-order valence-electron chi connectivity index (χ1n) is 7.00. The fourth-order valence-corrected chi connectivity index (χ4v) is 2.92. The predicted octanol–water partition coefficient (Wildman–Crippen LogP) is 3.41. The van der Waals surface area contributed by atoms with Gasteiger partial charge in [0.2, 0.25) is 0 Å². The Hall–Kier alpha value is -0.450. The summed E-state index contributed by atoms with van der Waals surface area (Å²) in [5.74, 6) is 0.687. The second kappa shape index (κ2) is 7.36. The molecule has 106 valence electrons. The van der Waals surface area contributed by atoms with E-state index in [0.717, 1.165) is 37.7 Å². The first kappa shape index (κ1) is 14.9. The fraction of sp³-hybridized carbons (Fsp3) is 0.600. The largest absolute Gasteiger partial charge is 0.320 e. The van der Waals surface area contributed by atoms with E-state index >= 15 is 0 Å². The molecule has 1 heterocycles. The van der Waals surface area contributed by atoms with Crippen molar-refractivity contribution in [1.29, 1.82) is 0 Å². The van der Waals surface area contributed by atoms with Crippen LogP contribution in [-0.2, 0) is 6.54 Å². The van der Waals surface area contributed by atoms with E-state index in [4.69, 9.17) is 0 Å². The molecule has 2 rings (SSSR count). The molecule has 4 heteroatoms. The molecule has 19 heavy (non-hydrogen) atoms. The van der Waals surface area contributed by atoms with Crippen LogP contribution in [0.1, 0.15) is 24.8 Å². The smallest absolute Gasteiger partial charge is 0.137 e. The van der Waals surface area contributed by atoms with Crippen molar-refractivity contribution in [2.24, 2.45) is 5.92 Å². The minimum Gasteiger partial charge on any atom is -0.320 e. The molecule has 1 aliphatic heterocycles. The molecule has 0 amide bonds. The lowest BCUT2D eigenvalue weighted by molar-refractivity contribution is 0.172. The van der Waals surface area contributed by atoms with Crippen LogP contribution in [0.2, 0.25) is 0 Å². The van der Waals surface area contributed by atoms with Gasteiger partial charge in [-0.25, -0.2) is 4.39 Å². The zero-order valence-corrected chi connectivity index (χ0v) is 13.0. The summed E-state index contributed by atoms with van der Waals surface area (Å²) in [6.07, 6.45) is 3.80. The molecule has 0 aromatic heterocycles. The van der Waals surface area contributed by atoms with E-state index in [2.05, 4.69) is 26.1 Å². The van der Waals surface area contributed by atoms with E-state index in [9.17, 15) is 4.39 Å². The van der Waals surface area contributed by atoms with Crippen molar-refractivity contribution < 1.29 is 4.39 Å². The monoisotopic (exact) mass is 328 g/mol. The highest BCUT2D eigenvalue weighted by Gasteiger charge is 2.18. The Labute approximate surface area is 123 Å². The first-order chi connectivity index (χ1) is 9.19. The van der Waals surface area contributed by atoms with Crippen molar-refractivity contribution in [2.75, 3.05) is 26.7 Å². The average molecular weight is 329 g/mol. The van der Waals surface area contributed by atoms with Gasteiger partial charge >= 0.3 is 0 Å². The Morgan fingerprint density at radius 3 is 2.74 bits per heavy atom. The van der Waals surface area contributed by atoms with Crippen molar-refractivity contribution in [1.82, 2.24) is 10.2 Å². The van der Waals surface area contributed by atoms with Crippen LogP contribution in [0.3, 0.4) is 0 Å². The summed E-state index contributed by atoms with van der Waals surface area (Å²) in [6.45, 7) is 4.24. The summed E-state index contributed by atoms with van der Waals surface area (Å²) in [5, 5.41) is 3.22. The van der Waals surface area contributed by atoms with E-state index in [-0.39, 0.29) is 5.82 Å². The molecule has 0 unspecified atom stereocenters.